The molecule has 4 amide bonds. The van der Waals surface area contributed by atoms with Crippen LogP contribution in [-0.2, 0) is 16.2 Å². The minimum atomic E-state index is -0.853. The van der Waals surface area contributed by atoms with Gasteiger partial charge < -0.3 is 9.84 Å². The Morgan fingerprint density at radius 1 is 0.906 bits per heavy atom. The van der Waals surface area contributed by atoms with Gasteiger partial charge in [0.25, 0.3) is 11.8 Å². The van der Waals surface area contributed by atoms with Crippen molar-refractivity contribution < 1.29 is 24.2 Å². The second-order valence-corrected chi connectivity index (χ2v) is 7.39. The molecule has 3 aromatic carbocycles. The lowest BCUT2D eigenvalue weighted by molar-refractivity contribution is -0.122. The maximum Gasteiger partial charge on any atom is 0.335 e. The molecule has 1 heterocycles. The van der Waals surface area contributed by atoms with E-state index in [1.54, 1.807) is 36.4 Å². The molecule has 160 valence electrons. The van der Waals surface area contributed by atoms with Crippen LogP contribution in [0.25, 0.3) is 6.08 Å². The van der Waals surface area contributed by atoms with Gasteiger partial charge >= 0.3 is 6.03 Å². The van der Waals surface area contributed by atoms with Crippen molar-refractivity contribution >= 4 is 41.2 Å². The van der Waals surface area contributed by atoms with Crippen molar-refractivity contribution in [2.45, 2.75) is 6.61 Å². The second kappa shape index (κ2) is 8.95. The Kier molecular flexibility index (Phi) is 5.91. The maximum absolute atomic E-state index is 12.9. The number of halogens is 1. The number of amides is 4. The van der Waals surface area contributed by atoms with Crippen LogP contribution in [0.3, 0.4) is 0 Å². The molecule has 0 unspecified atom stereocenters. The number of phenolic OH excluding ortho intramolecular Hbond substituents is 1. The summed E-state index contributed by atoms with van der Waals surface area (Å²) in [5.41, 5.74) is 1.59. The van der Waals surface area contributed by atoms with Crippen LogP contribution in [0.5, 0.6) is 11.5 Å². The molecule has 0 spiro atoms. The highest BCUT2D eigenvalue weighted by molar-refractivity contribution is 6.39. The van der Waals surface area contributed by atoms with E-state index in [9.17, 15) is 19.5 Å². The molecule has 1 aliphatic rings. The molecule has 0 aromatic heterocycles. The van der Waals surface area contributed by atoms with Crippen molar-refractivity contribution in [3.63, 3.8) is 0 Å². The minimum absolute atomic E-state index is 0.0103. The summed E-state index contributed by atoms with van der Waals surface area (Å²) in [6.45, 7) is 0.363. The van der Waals surface area contributed by atoms with Gasteiger partial charge in [-0.2, -0.15) is 0 Å². The summed E-state index contributed by atoms with van der Waals surface area (Å²) in [5.74, 6) is -0.933. The molecule has 7 nitrogen and oxygen atoms in total. The first-order valence-corrected chi connectivity index (χ1v) is 9.96. The van der Waals surface area contributed by atoms with Gasteiger partial charge in [0.15, 0.2) is 0 Å². The van der Waals surface area contributed by atoms with E-state index in [0.29, 0.717) is 22.9 Å². The average molecular weight is 449 g/mol. The molecule has 0 saturated carbocycles. The number of carbonyl (C=O) groups is 3. The fraction of sp³-hybridized carbons (Fsp3) is 0.0417. The summed E-state index contributed by atoms with van der Waals surface area (Å²) in [6.07, 6.45) is 1.40. The summed E-state index contributed by atoms with van der Waals surface area (Å²) < 4.78 is 5.73. The minimum Gasteiger partial charge on any atom is -0.508 e. The van der Waals surface area contributed by atoms with Crippen molar-refractivity contribution in [3.05, 3.63) is 94.5 Å². The monoisotopic (exact) mass is 448 g/mol. The van der Waals surface area contributed by atoms with Gasteiger partial charge in [0, 0.05) is 5.02 Å². The Hall–Kier alpha value is -4.10. The molecular formula is C24H17ClN2O5. The SMILES string of the molecule is O=C1NC(=O)N(c2ccc(O)cc2)C(=O)/C1=C/c1ccc(OCc2ccc(Cl)cc2)cc1. The zero-order valence-corrected chi connectivity index (χ0v) is 17.4. The summed E-state index contributed by atoms with van der Waals surface area (Å²) in [5, 5.41) is 12.2. The third-order valence-corrected chi connectivity index (χ3v) is 4.97. The number of aromatic hydroxyl groups is 1. The van der Waals surface area contributed by atoms with Crippen molar-refractivity contribution in [3.8, 4) is 11.5 Å². The van der Waals surface area contributed by atoms with E-state index in [0.717, 1.165) is 10.5 Å². The Morgan fingerprint density at radius 2 is 1.56 bits per heavy atom. The molecule has 2 N–H and O–H groups in total. The molecule has 0 atom stereocenters. The van der Waals surface area contributed by atoms with E-state index in [4.69, 9.17) is 16.3 Å². The molecular weight excluding hydrogens is 432 g/mol. The van der Waals surface area contributed by atoms with Crippen LogP contribution in [0.2, 0.25) is 5.02 Å². The molecule has 1 saturated heterocycles. The number of phenols is 1. The van der Waals surface area contributed by atoms with Crippen LogP contribution in [0, 0.1) is 0 Å². The average Bonchev–Trinajstić information content (AvgIpc) is 2.78. The van der Waals surface area contributed by atoms with Gasteiger partial charge in [0.05, 0.1) is 5.69 Å². The van der Waals surface area contributed by atoms with Crippen LogP contribution in [0.4, 0.5) is 10.5 Å². The van der Waals surface area contributed by atoms with Gasteiger partial charge in [-0.05, 0) is 65.7 Å². The topological polar surface area (TPSA) is 95.9 Å². The van der Waals surface area contributed by atoms with Gasteiger partial charge in [-0.1, -0.05) is 35.9 Å². The normalized spacial score (nSPS) is 15.1. The molecule has 3 aromatic rings. The molecule has 4 rings (SSSR count). The Balaban J connectivity index is 1.50. The van der Waals surface area contributed by atoms with Crippen LogP contribution < -0.4 is 15.0 Å². The number of carbonyl (C=O) groups excluding carboxylic acids is 3. The first-order valence-electron chi connectivity index (χ1n) is 9.58. The van der Waals surface area contributed by atoms with E-state index >= 15 is 0 Å². The van der Waals surface area contributed by atoms with E-state index in [1.165, 1.54) is 30.3 Å². The van der Waals surface area contributed by atoms with Gasteiger partial charge in [-0.15, -0.1) is 0 Å². The largest absolute Gasteiger partial charge is 0.508 e. The predicted molar refractivity (Wildman–Crippen MR) is 119 cm³/mol. The van der Waals surface area contributed by atoms with Crippen molar-refractivity contribution in [1.82, 2.24) is 5.32 Å². The molecule has 8 heteroatoms. The Morgan fingerprint density at radius 3 is 2.22 bits per heavy atom. The highest BCUT2D eigenvalue weighted by atomic mass is 35.5. The standard InChI is InChI=1S/C24H17ClN2O5/c25-17-5-1-16(2-6-17)14-32-20-11-3-15(4-12-20)13-21-22(29)26-24(31)27(23(21)30)18-7-9-19(28)10-8-18/h1-13,28H,14H2,(H,26,29,31)/b21-13+. The van der Waals surface area contributed by atoms with Crippen molar-refractivity contribution in [2.24, 2.45) is 0 Å². The zero-order valence-electron chi connectivity index (χ0n) is 16.6. The van der Waals surface area contributed by atoms with Crippen LogP contribution in [0.15, 0.2) is 78.4 Å². The first kappa shape index (κ1) is 21.1. The van der Waals surface area contributed by atoms with E-state index < -0.39 is 17.8 Å². The summed E-state index contributed by atoms with van der Waals surface area (Å²) >= 11 is 5.87. The number of nitrogens with one attached hydrogen (secondary N) is 1. The van der Waals surface area contributed by atoms with Gasteiger partial charge in [-0.25, -0.2) is 9.69 Å². The Bertz CT molecular complexity index is 1200. The molecule has 0 aliphatic carbocycles. The van der Waals surface area contributed by atoms with Crippen LogP contribution in [-0.4, -0.2) is 23.0 Å². The molecule has 0 radical (unpaired) electrons. The number of nitrogens with zero attached hydrogens (tertiary/aromatic N) is 1. The third-order valence-electron chi connectivity index (χ3n) is 4.72. The lowest BCUT2D eigenvalue weighted by atomic mass is 10.1. The number of ether oxygens (including phenoxy) is 1. The third kappa shape index (κ3) is 4.63. The lowest BCUT2D eigenvalue weighted by Gasteiger charge is -2.26. The van der Waals surface area contributed by atoms with Crippen LogP contribution >= 0.6 is 11.6 Å². The molecule has 1 aliphatic heterocycles. The number of benzene rings is 3. The van der Waals surface area contributed by atoms with Gasteiger partial charge in [-0.3, -0.25) is 14.9 Å². The Labute approximate surface area is 188 Å². The van der Waals surface area contributed by atoms with Gasteiger partial charge in [0.1, 0.15) is 23.7 Å². The van der Waals surface area contributed by atoms with Crippen molar-refractivity contribution in [2.75, 3.05) is 4.90 Å². The fourth-order valence-electron chi connectivity index (χ4n) is 3.07. The first-order chi connectivity index (χ1) is 15.4. The number of hydrogen-bond donors (Lipinski definition) is 2. The maximum atomic E-state index is 12.9. The number of imide groups is 2. The van der Waals surface area contributed by atoms with E-state index in [-0.39, 0.29) is 17.0 Å². The highest BCUT2D eigenvalue weighted by Gasteiger charge is 2.36. The second-order valence-electron chi connectivity index (χ2n) is 6.96. The molecule has 0 bridgehead atoms. The number of hydrogen-bond acceptors (Lipinski definition) is 5. The molecule has 32 heavy (non-hydrogen) atoms. The van der Waals surface area contributed by atoms with E-state index in [2.05, 4.69) is 5.32 Å². The number of rotatable bonds is 5. The number of urea groups is 1. The van der Waals surface area contributed by atoms with Crippen molar-refractivity contribution in [1.29, 1.82) is 0 Å². The highest BCUT2D eigenvalue weighted by Crippen LogP contribution is 2.24. The quantitative estimate of drug-likeness (QED) is 0.448. The lowest BCUT2D eigenvalue weighted by Crippen LogP contribution is -2.54. The summed E-state index contributed by atoms with van der Waals surface area (Å²) in [4.78, 5) is 38.2. The smallest absolute Gasteiger partial charge is 0.335 e. The molecule has 1 fully saturated rings. The number of anilines is 1. The number of barbiturate groups is 1. The van der Waals surface area contributed by atoms with Gasteiger partial charge in [0.2, 0.25) is 0 Å². The van der Waals surface area contributed by atoms with Crippen LogP contribution in [0.1, 0.15) is 11.1 Å². The van der Waals surface area contributed by atoms with E-state index in [1.807, 2.05) is 12.1 Å². The predicted octanol–water partition coefficient (Wildman–Crippen LogP) is 4.29. The fourth-order valence-corrected chi connectivity index (χ4v) is 3.19. The zero-order chi connectivity index (χ0) is 22.7. The summed E-state index contributed by atoms with van der Waals surface area (Å²) in [7, 11) is 0. The summed E-state index contributed by atoms with van der Waals surface area (Å²) in [6, 6.07) is 18.8.